The number of carbonyl (C=O) groups excluding carboxylic acids is 1. The number of methoxy groups -OCH3 is 1. The minimum absolute atomic E-state index is 0.00760. The van der Waals surface area contributed by atoms with Gasteiger partial charge in [0.1, 0.15) is 17.0 Å². The van der Waals surface area contributed by atoms with Crippen LogP contribution in [-0.2, 0) is 21.7 Å². The molecule has 1 atom stereocenters. The molecule has 0 aliphatic carbocycles. The standard InChI is InChI=1S/C20H23N5O4S/c1-24-20-19(21-9-10-22-20)18(23-24)14-4-3-11-25(12-14)17(26)13-30(27,28)16-7-5-15(29-2)6-8-16/h5-10,14H,3-4,11-13H2,1-2H3. The van der Waals surface area contributed by atoms with Gasteiger partial charge in [-0.25, -0.2) is 23.1 Å². The van der Waals surface area contributed by atoms with Gasteiger partial charge in [0.2, 0.25) is 5.91 Å². The maximum atomic E-state index is 12.8. The molecule has 1 amide bonds. The first-order chi connectivity index (χ1) is 14.4. The largest absolute Gasteiger partial charge is 0.497 e. The number of likely N-dealkylation sites (tertiary alicyclic amines) is 1. The van der Waals surface area contributed by atoms with E-state index in [0.717, 1.165) is 24.1 Å². The lowest BCUT2D eigenvalue weighted by molar-refractivity contribution is -0.129. The van der Waals surface area contributed by atoms with E-state index in [1.165, 1.54) is 19.2 Å². The first kappa shape index (κ1) is 20.3. The molecule has 30 heavy (non-hydrogen) atoms. The molecule has 1 aromatic carbocycles. The summed E-state index contributed by atoms with van der Waals surface area (Å²) < 4.78 is 32.1. The molecule has 0 N–H and O–H groups in total. The Balaban J connectivity index is 1.50. The van der Waals surface area contributed by atoms with E-state index in [2.05, 4.69) is 15.1 Å². The van der Waals surface area contributed by atoms with Crippen LogP contribution in [0.2, 0.25) is 0 Å². The van der Waals surface area contributed by atoms with Crippen molar-refractivity contribution in [3.05, 3.63) is 42.4 Å². The molecular formula is C20H23N5O4S. The summed E-state index contributed by atoms with van der Waals surface area (Å²) in [5.74, 6) is -0.409. The number of hydrogen-bond acceptors (Lipinski definition) is 7. The van der Waals surface area contributed by atoms with Crippen LogP contribution in [0.3, 0.4) is 0 Å². The number of sulfone groups is 1. The van der Waals surface area contributed by atoms with E-state index in [0.29, 0.717) is 24.5 Å². The summed E-state index contributed by atoms with van der Waals surface area (Å²) in [6, 6.07) is 6.06. The van der Waals surface area contributed by atoms with Crippen molar-refractivity contribution >= 4 is 26.9 Å². The van der Waals surface area contributed by atoms with Crippen molar-refractivity contribution in [3.63, 3.8) is 0 Å². The predicted molar refractivity (Wildman–Crippen MR) is 110 cm³/mol. The first-order valence-electron chi connectivity index (χ1n) is 9.67. The molecule has 1 fully saturated rings. The van der Waals surface area contributed by atoms with Gasteiger partial charge in [-0.2, -0.15) is 5.10 Å². The summed E-state index contributed by atoms with van der Waals surface area (Å²) in [7, 11) is -0.412. The molecule has 3 heterocycles. The average Bonchev–Trinajstić information content (AvgIpc) is 3.10. The SMILES string of the molecule is COc1ccc(S(=O)(=O)CC(=O)N2CCCC(c3nn(C)c4nccnc34)C2)cc1. The second-order valence-corrected chi connectivity index (χ2v) is 9.34. The van der Waals surface area contributed by atoms with Gasteiger partial charge in [-0.05, 0) is 37.1 Å². The van der Waals surface area contributed by atoms with Crippen LogP contribution in [0.1, 0.15) is 24.5 Å². The number of piperidine rings is 1. The molecule has 158 valence electrons. The lowest BCUT2D eigenvalue weighted by atomic mass is 9.94. The molecular weight excluding hydrogens is 406 g/mol. The van der Waals surface area contributed by atoms with Crippen molar-refractivity contribution in [2.45, 2.75) is 23.7 Å². The summed E-state index contributed by atoms with van der Waals surface area (Å²) in [4.78, 5) is 23.3. The van der Waals surface area contributed by atoms with Crippen LogP contribution >= 0.6 is 0 Å². The molecule has 4 rings (SSSR count). The van der Waals surface area contributed by atoms with Gasteiger partial charge in [-0.15, -0.1) is 0 Å². The van der Waals surface area contributed by atoms with E-state index >= 15 is 0 Å². The molecule has 1 aliphatic rings. The predicted octanol–water partition coefficient (Wildman–Crippen LogP) is 1.55. The molecule has 1 unspecified atom stereocenters. The Morgan fingerprint density at radius 1 is 1.20 bits per heavy atom. The monoisotopic (exact) mass is 429 g/mol. The van der Waals surface area contributed by atoms with Crippen LogP contribution < -0.4 is 4.74 Å². The highest BCUT2D eigenvalue weighted by atomic mass is 32.2. The smallest absolute Gasteiger partial charge is 0.238 e. The second kappa shape index (κ2) is 8.02. The summed E-state index contributed by atoms with van der Waals surface area (Å²) in [6.45, 7) is 0.948. The van der Waals surface area contributed by atoms with E-state index in [1.807, 2.05) is 7.05 Å². The third-order valence-corrected chi connectivity index (χ3v) is 7.00. The maximum absolute atomic E-state index is 12.8. The molecule has 0 bridgehead atoms. The molecule has 1 aliphatic heterocycles. The first-order valence-corrected chi connectivity index (χ1v) is 11.3. The van der Waals surface area contributed by atoms with E-state index < -0.39 is 21.5 Å². The van der Waals surface area contributed by atoms with Crippen LogP contribution in [0, 0.1) is 0 Å². The zero-order chi connectivity index (χ0) is 21.3. The fourth-order valence-corrected chi connectivity index (χ4v) is 5.05. The van der Waals surface area contributed by atoms with Crippen LogP contribution in [0.15, 0.2) is 41.6 Å². The van der Waals surface area contributed by atoms with Gasteiger partial charge in [0.15, 0.2) is 15.5 Å². The Morgan fingerprint density at radius 2 is 1.93 bits per heavy atom. The third-order valence-electron chi connectivity index (χ3n) is 5.38. The summed E-state index contributed by atoms with van der Waals surface area (Å²) in [5.41, 5.74) is 2.22. The van der Waals surface area contributed by atoms with Gasteiger partial charge < -0.3 is 9.64 Å². The Kier molecular flexibility index (Phi) is 5.42. The zero-order valence-electron chi connectivity index (χ0n) is 16.9. The number of hydrogen-bond donors (Lipinski definition) is 0. The summed E-state index contributed by atoms with van der Waals surface area (Å²) >= 11 is 0. The van der Waals surface area contributed by atoms with Crippen LogP contribution in [-0.4, -0.2) is 64.9 Å². The van der Waals surface area contributed by atoms with Crippen molar-refractivity contribution in [2.75, 3.05) is 26.0 Å². The normalized spacial score (nSPS) is 17.3. The zero-order valence-corrected chi connectivity index (χ0v) is 17.7. The fraction of sp³-hybridized carbons (Fsp3) is 0.400. The van der Waals surface area contributed by atoms with Gasteiger partial charge in [0.25, 0.3) is 0 Å². The molecule has 0 spiro atoms. The minimum Gasteiger partial charge on any atom is -0.497 e. The van der Waals surface area contributed by atoms with E-state index in [-0.39, 0.29) is 10.8 Å². The quantitative estimate of drug-likeness (QED) is 0.606. The van der Waals surface area contributed by atoms with Crippen LogP contribution in [0.5, 0.6) is 5.75 Å². The lowest BCUT2D eigenvalue weighted by Gasteiger charge is -2.32. The molecule has 9 nitrogen and oxygen atoms in total. The average molecular weight is 430 g/mol. The molecule has 2 aromatic heterocycles. The number of amides is 1. The molecule has 0 radical (unpaired) electrons. The summed E-state index contributed by atoms with van der Waals surface area (Å²) in [6.07, 6.45) is 4.88. The third kappa shape index (κ3) is 3.87. The lowest BCUT2D eigenvalue weighted by Crippen LogP contribution is -2.42. The van der Waals surface area contributed by atoms with E-state index in [1.54, 1.807) is 34.1 Å². The number of fused-ring (bicyclic) bond motifs is 1. The Hall–Kier alpha value is -3.01. The van der Waals surface area contributed by atoms with Crippen LogP contribution in [0.25, 0.3) is 11.2 Å². The Morgan fingerprint density at radius 3 is 2.67 bits per heavy atom. The number of nitrogens with zero attached hydrogens (tertiary/aromatic N) is 5. The summed E-state index contributed by atoms with van der Waals surface area (Å²) in [5, 5.41) is 4.57. The van der Waals surface area contributed by atoms with E-state index in [9.17, 15) is 13.2 Å². The molecule has 1 saturated heterocycles. The number of aryl methyl sites for hydroxylation is 1. The van der Waals surface area contributed by atoms with Gasteiger partial charge in [-0.1, -0.05) is 0 Å². The van der Waals surface area contributed by atoms with E-state index in [4.69, 9.17) is 4.74 Å². The van der Waals surface area contributed by atoms with Crippen molar-refractivity contribution in [2.24, 2.45) is 7.05 Å². The minimum atomic E-state index is -3.74. The molecule has 3 aromatic rings. The number of benzene rings is 1. The fourth-order valence-electron chi connectivity index (χ4n) is 3.83. The van der Waals surface area contributed by atoms with Gasteiger partial charge in [-0.3, -0.25) is 4.79 Å². The highest BCUT2D eigenvalue weighted by Crippen LogP contribution is 2.30. The van der Waals surface area contributed by atoms with Crippen LogP contribution in [0.4, 0.5) is 0 Å². The number of aromatic nitrogens is 4. The van der Waals surface area contributed by atoms with Crippen molar-refractivity contribution in [3.8, 4) is 5.75 Å². The Bertz CT molecular complexity index is 1170. The van der Waals surface area contributed by atoms with Crippen molar-refractivity contribution < 1.29 is 17.9 Å². The maximum Gasteiger partial charge on any atom is 0.238 e. The van der Waals surface area contributed by atoms with Gasteiger partial charge in [0.05, 0.1) is 17.7 Å². The Labute approximate surface area is 174 Å². The van der Waals surface area contributed by atoms with Crippen molar-refractivity contribution in [1.29, 1.82) is 0 Å². The molecule has 10 heteroatoms. The highest BCUT2D eigenvalue weighted by molar-refractivity contribution is 7.92. The molecule has 0 saturated carbocycles. The number of rotatable bonds is 5. The topological polar surface area (TPSA) is 107 Å². The van der Waals surface area contributed by atoms with Crippen molar-refractivity contribution in [1.82, 2.24) is 24.6 Å². The number of ether oxygens (including phenoxy) is 1. The van der Waals surface area contributed by atoms with Gasteiger partial charge in [0, 0.05) is 38.4 Å². The van der Waals surface area contributed by atoms with Gasteiger partial charge >= 0.3 is 0 Å². The number of carbonyl (C=O) groups is 1. The highest BCUT2D eigenvalue weighted by Gasteiger charge is 2.31. The second-order valence-electron chi connectivity index (χ2n) is 7.35.